The van der Waals surface area contributed by atoms with Gasteiger partial charge in [-0.25, -0.2) is 0 Å². The third-order valence-corrected chi connectivity index (χ3v) is 4.42. The Morgan fingerprint density at radius 1 is 1.37 bits per heavy atom. The number of carbonyl (C=O) groups is 1. The number of hydrogen-bond acceptors (Lipinski definition) is 2. The highest BCUT2D eigenvalue weighted by molar-refractivity contribution is 9.09. The van der Waals surface area contributed by atoms with Gasteiger partial charge in [0.2, 0.25) is 5.91 Å². The summed E-state index contributed by atoms with van der Waals surface area (Å²) in [6.07, 6.45) is 1.57. The molecule has 1 aliphatic rings. The van der Waals surface area contributed by atoms with Crippen LogP contribution in [-0.4, -0.2) is 17.5 Å². The smallest absolute Gasteiger partial charge is 0.239 e. The summed E-state index contributed by atoms with van der Waals surface area (Å²) in [4.78, 5) is 13.9. The Morgan fingerprint density at radius 3 is 2.58 bits per heavy atom. The van der Waals surface area contributed by atoms with Gasteiger partial charge in [0.15, 0.2) is 0 Å². The number of nitrogens with zero attached hydrogens (tertiary/aromatic N) is 1. The van der Waals surface area contributed by atoms with Gasteiger partial charge in [-0.3, -0.25) is 9.69 Å². The predicted octanol–water partition coefficient (Wildman–Crippen LogP) is 3.81. The maximum atomic E-state index is 12.1. The first-order valence-corrected chi connectivity index (χ1v) is 7.87. The van der Waals surface area contributed by atoms with Gasteiger partial charge in [-0.2, -0.15) is 0 Å². The average molecular weight is 326 g/mol. The highest BCUT2D eigenvalue weighted by Gasteiger charge is 2.42. The summed E-state index contributed by atoms with van der Waals surface area (Å²) < 4.78 is 6.22. The number of fused-ring (bicyclic) bond motifs is 1. The van der Waals surface area contributed by atoms with Crippen LogP contribution < -0.4 is 4.90 Å². The van der Waals surface area contributed by atoms with Gasteiger partial charge in [-0.05, 0) is 25.8 Å². The number of alkyl halides is 1. The normalized spacial score (nSPS) is 21.1. The number of anilines is 1. The van der Waals surface area contributed by atoms with E-state index in [1.165, 1.54) is 0 Å². The standard InChI is InChI=1S/C15H20BrNO2/c1-4-15(5-2)12-8-6-7-9-13(12)17(11(3)19-15)14(18)10-16/h6-9,11H,4-5,10H2,1-3H3. The van der Waals surface area contributed by atoms with E-state index in [1.54, 1.807) is 4.90 Å². The number of para-hydroxylation sites is 1. The summed E-state index contributed by atoms with van der Waals surface area (Å²) in [6.45, 7) is 6.21. The topological polar surface area (TPSA) is 29.5 Å². The van der Waals surface area contributed by atoms with Gasteiger partial charge in [0.05, 0.1) is 16.6 Å². The van der Waals surface area contributed by atoms with Crippen LogP contribution in [0, 0.1) is 0 Å². The van der Waals surface area contributed by atoms with Crippen molar-refractivity contribution in [3.05, 3.63) is 29.8 Å². The van der Waals surface area contributed by atoms with Crippen molar-refractivity contribution >= 4 is 27.5 Å². The van der Waals surface area contributed by atoms with E-state index in [2.05, 4.69) is 35.8 Å². The fourth-order valence-corrected chi connectivity index (χ4v) is 3.18. The number of carbonyl (C=O) groups excluding carboxylic acids is 1. The zero-order chi connectivity index (χ0) is 14.0. The molecule has 2 rings (SSSR count). The quantitative estimate of drug-likeness (QED) is 0.791. The second kappa shape index (κ2) is 5.63. The molecule has 1 atom stereocenters. The number of halogens is 1. The Morgan fingerprint density at radius 2 is 2.00 bits per heavy atom. The van der Waals surface area contributed by atoms with Crippen molar-refractivity contribution in [3.63, 3.8) is 0 Å². The van der Waals surface area contributed by atoms with Crippen LogP contribution in [0.1, 0.15) is 39.2 Å². The van der Waals surface area contributed by atoms with Crippen molar-refractivity contribution in [2.75, 3.05) is 10.2 Å². The number of ether oxygens (including phenoxy) is 1. The molecule has 0 spiro atoms. The Hall–Kier alpha value is -0.870. The van der Waals surface area contributed by atoms with Crippen molar-refractivity contribution in [2.24, 2.45) is 0 Å². The Balaban J connectivity index is 2.57. The van der Waals surface area contributed by atoms with Crippen molar-refractivity contribution in [2.45, 2.75) is 45.4 Å². The lowest BCUT2D eigenvalue weighted by Gasteiger charge is -2.46. The van der Waals surface area contributed by atoms with E-state index in [1.807, 2.05) is 25.1 Å². The highest BCUT2D eigenvalue weighted by atomic mass is 79.9. The van der Waals surface area contributed by atoms with Crippen LogP contribution in [0.5, 0.6) is 0 Å². The molecule has 0 aliphatic carbocycles. The van der Waals surface area contributed by atoms with Crippen molar-refractivity contribution in [3.8, 4) is 0 Å². The number of rotatable bonds is 3. The molecular weight excluding hydrogens is 306 g/mol. The highest BCUT2D eigenvalue weighted by Crippen LogP contribution is 2.44. The second-order valence-corrected chi connectivity index (χ2v) is 5.39. The SMILES string of the molecule is CCC1(CC)OC(C)N(C(=O)CBr)c2ccccc21. The molecular formula is C15H20BrNO2. The minimum atomic E-state index is -0.279. The summed E-state index contributed by atoms with van der Waals surface area (Å²) in [7, 11) is 0. The molecule has 0 saturated heterocycles. The molecule has 1 heterocycles. The molecule has 1 unspecified atom stereocenters. The van der Waals surface area contributed by atoms with Crippen molar-refractivity contribution in [1.82, 2.24) is 0 Å². The average Bonchev–Trinajstić information content (AvgIpc) is 2.45. The second-order valence-electron chi connectivity index (χ2n) is 4.83. The van der Waals surface area contributed by atoms with Gasteiger partial charge in [-0.15, -0.1) is 0 Å². The molecule has 104 valence electrons. The molecule has 19 heavy (non-hydrogen) atoms. The molecule has 0 radical (unpaired) electrons. The Labute approximate surface area is 123 Å². The summed E-state index contributed by atoms with van der Waals surface area (Å²) in [5.41, 5.74) is 1.82. The minimum absolute atomic E-state index is 0.0285. The minimum Gasteiger partial charge on any atom is -0.347 e. The predicted molar refractivity (Wildman–Crippen MR) is 80.5 cm³/mol. The molecule has 0 fully saturated rings. The summed E-state index contributed by atoms with van der Waals surface area (Å²) in [5, 5.41) is 0.306. The fraction of sp³-hybridized carbons (Fsp3) is 0.533. The van der Waals surface area contributed by atoms with E-state index in [0.29, 0.717) is 5.33 Å². The molecule has 0 N–H and O–H groups in total. The van der Waals surface area contributed by atoms with Crippen molar-refractivity contribution in [1.29, 1.82) is 0 Å². The van der Waals surface area contributed by atoms with Crippen LogP contribution in [0.25, 0.3) is 0 Å². The van der Waals surface area contributed by atoms with E-state index >= 15 is 0 Å². The van der Waals surface area contributed by atoms with E-state index in [0.717, 1.165) is 24.1 Å². The summed E-state index contributed by atoms with van der Waals surface area (Å²) in [5.74, 6) is 0.0285. The Bertz CT molecular complexity index is 471. The van der Waals surface area contributed by atoms with Crippen LogP contribution in [0.4, 0.5) is 5.69 Å². The molecule has 1 aromatic carbocycles. The van der Waals surface area contributed by atoms with Crippen LogP contribution in [0.15, 0.2) is 24.3 Å². The van der Waals surface area contributed by atoms with Gasteiger partial charge >= 0.3 is 0 Å². The molecule has 0 saturated carbocycles. The Kier molecular flexibility index (Phi) is 4.31. The maximum absolute atomic E-state index is 12.1. The lowest BCUT2D eigenvalue weighted by molar-refractivity contribution is -0.131. The van der Waals surface area contributed by atoms with Crippen LogP contribution in [0.3, 0.4) is 0 Å². The molecule has 1 amide bonds. The monoisotopic (exact) mass is 325 g/mol. The van der Waals surface area contributed by atoms with E-state index in [4.69, 9.17) is 4.74 Å². The zero-order valence-electron chi connectivity index (χ0n) is 11.6. The summed E-state index contributed by atoms with van der Waals surface area (Å²) >= 11 is 3.25. The van der Waals surface area contributed by atoms with Crippen LogP contribution in [0.2, 0.25) is 0 Å². The first-order chi connectivity index (χ1) is 9.09. The number of benzene rings is 1. The molecule has 1 aliphatic heterocycles. The number of hydrogen-bond donors (Lipinski definition) is 0. The first kappa shape index (κ1) is 14.5. The first-order valence-electron chi connectivity index (χ1n) is 6.75. The third-order valence-electron chi connectivity index (χ3n) is 3.94. The van der Waals surface area contributed by atoms with Crippen LogP contribution >= 0.6 is 15.9 Å². The van der Waals surface area contributed by atoms with Gasteiger partial charge in [0.25, 0.3) is 0 Å². The molecule has 0 bridgehead atoms. The molecule has 4 heteroatoms. The summed E-state index contributed by atoms with van der Waals surface area (Å²) in [6, 6.07) is 8.06. The molecule has 0 aromatic heterocycles. The fourth-order valence-electron chi connectivity index (χ4n) is 2.91. The van der Waals surface area contributed by atoms with Gasteiger partial charge in [-0.1, -0.05) is 48.0 Å². The number of amides is 1. The lowest BCUT2D eigenvalue weighted by atomic mass is 9.85. The largest absolute Gasteiger partial charge is 0.347 e. The molecule has 3 nitrogen and oxygen atoms in total. The van der Waals surface area contributed by atoms with Gasteiger partial charge in [0, 0.05) is 5.56 Å². The van der Waals surface area contributed by atoms with E-state index in [-0.39, 0.29) is 17.7 Å². The molecule has 1 aromatic rings. The van der Waals surface area contributed by atoms with Crippen LogP contribution in [-0.2, 0) is 15.1 Å². The van der Waals surface area contributed by atoms with Gasteiger partial charge < -0.3 is 4.74 Å². The van der Waals surface area contributed by atoms with Crippen molar-refractivity contribution < 1.29 is 9.53 Å². The van der Waals surface area contributed by atoms with E-state index < -0.39 is 0 Å². The van der Waals surface area contributed by atoms with Gasteiger partial charge in [0.1, 0.15) is 6.23 Å². The zero-order valence-corrected chi connectivity index (χ0v) is 13.2. The third kappa shape index (κ3) is 2.32. The van der Waals surface area contributed by atoms with E-state index in [9.17, 15) is 4.79 Å². The lowest BCUT2D eigenvalue weighted by Crippen LogP contribution is -2.51. The maximum Gasteiger partial charge on any atom is 0.239 e.